The van der Waals surface area contributed by atoms with Gasteiger partial charge in [-0.25, -0.2) is 12.7 Å². The summed E-state index contributed by atoms with van der Waals surface area (Å²) in [6.45, 7) is 5.02. The fourth-order valence-corrected chi connectivity index (χ4v) is 10.6. The van der Waals surface area contributed by atoms with Crippen molar-refractivity contribution in [1.29, 1.82) is 0 Å². The number of piperazine rings is 1. The number of imide groups is 2. The van der Waals surface area contributed by atoms with Gasteiger partial charge in [0.15, 0.2) is 0 Å². The number of sulfonamides is 1. The molecule has 5 saturated heterocycles. The predicted octanol–water partition coefficient (Wildman–Crippen LogP) is -1.66. The Bertz CT molecular complexity index is 1890. The fourth-order valence-electron chi connectivity index (χ4n) is 8.46. The molecular weight excluding hydrogens is 767 g/mol. The Morgan fingerprint density at radius 1 is 0.929 bits per heavy atom. The molecule has 18 nitrogen and oxygen atoms in total. The van der Waals surface area contributed by atoms with Crippen molar-refractivity contribution in [2.24, 2.45) is 11.8 Å². The molecule has 20 heteroatoms. The molecule has 1 aromatic carbocycles. The Morgan fingerprint density at radius 3 is 2.43 bits per heavy atom. The van der Waals surface area contributed by atoms with Gasteiger partial charge in [-0.15, -0.1) is 11.8 Å². The number of piperidine rings is 2. The first-order valence-corrected chi connectivity index (χ1v) is 22.2. The predicted molar refractivity (Wildman–Crippen MR) is 205 cm³/mol. The molecule has 7 rings (SSSR count). The topological polar surface area (TPSA) is 218 Å². The van der Waals surface area contributed by atoms with Gasteiger partial charge in [0, 0.05) is 89.2 Å². The highest BCUT2D eigenvalue weighted by Crippen LogP contribution is 2.32. The van der Waals surface area contributed by atoms with Crippen LogP contribution in [-0.2, 0) is 34.0 Å². The number of fused-ring (bicyclic) bond motifs is 1. The zero-order chi connectivity index (χ0) is 39.7. The standard InChI is InChI=1S/C36H49N9O9S2/c1-56(53,54)44-12-8-23(20-44)32(49)37-18-30(47)40-36-38-27(21-55-36)22-3-2-10-43(19-22)31(48)9-11-41-13-15-42(16-14-41)24-4-5-25-26(17-24)35(52)45(34(25)51)28-6-7-29(46)39-33(28)50/h4-5,17,22-23,27-28,36,38H,2-3,6-16,18-21H2,1H3,(H,37,49)(H,40,47)(H,39,46,50). The minimum atomic E-state index is -3.36. The Balaban J connectivity index is 0.812. The van der Waals surface area contributed by atoms with E-state index in [2.05, 4.69) is 31.1 Å². The van der Waals surface area contributed by atoms with Crippen LogP contribution >= 0.6 is 11.8 Å². The summed E-state index contributed by atoms with van der Waals surface area (Å²) in [5.41, 5.74) is 0.999. The molecule has 0 aromatic heterocycles. The first-order valence-electron chi connectivity index (χ1n) is 19.3. The van der Waals surface area contributed by atoms with E-state index in [0.717, 1.165) is 48.5 Å². The average molecular weight is 816 g/mol. The Labute approximate surface area is 329 Å². The van der Waals surface area contributed by atoms with Gasteiger partial charge >= 0.3 is 0 Å². The number of nitrogens with zero attached hydrogens (tertiary/aromatic N) is 5. The molecule has 6 aliphatic heterocycles. The molecule has 0 radical (unpaired) electrons. The number of likely N-dealkylation sites (tertiary alicyclic amines) is 1. The second-order valence-corrected chi connectivity index (χ2v) is 18.5. The summed E-state index contributed by atoms with van der Waals surface area (Å²) in [6, 6.07) is 4.26. The quantitative estimate of drug-likeness (QED) is 0.184. The molecule has 304 valence electrons. The van der Waals surface area contributed by atoms with Crippen molar-refractivity contribution in [3.63, 3.8) is 0 Å². The molecule has 5 fully saturated rings. The van der Waals surface area contributed by atoms with Gasteiger partial charge in [-0.3, -0.25) is 54.0 Å². The van der Waals surface area contributed by atoms with Gasteiger partial charge in [0.1, 0.15) is 11.5 Å². The van der Waals surface area contributed by atoms with Gasteiger partial charge in [-0.05, 0) is 49.8 Å². The van der Waals surface area contributed by atoms with Crippen LogP contribution in [0.2, 0.25) is 0 Å². The van der Waals surface area contributed by atoms with E-state index in [-0.39, 0.29) is 72.2 Å². The Morgan fingerprint density at radius 2 is 1.70 bits per heavy atom. The molecular formula is C36H49N9O9S2. The first-order chi connectivity index (χ1) is 26.7. The number of carbonyl (C=O) groups is 7. The maximum Gasteiger partial charge on any atom is 0.262 e. The van der Waals surface area contributed by atoms with E-state index in [1.165, 1.54) is 4.31 Å². The summed E-state index contributed by atoms with van der Waals surface area (Å²) in [7, 11) is -3.36. The van der Waals surface area contributed by atoms with Crippen LogP contribution in [0.4, 0.5) is 5.69 Å². The van der Waals surface area contributed by atoms with Crippen LogP contribution in [0.5, 0.6) is 0 Å². The molecule has 6 heterocycles. The minimum absolute atomic E-state index is 0.0653. The maximum absolute atomic E-state index is 13.4. The zero-order valence-corrected chi connectivity index (χ0v) is 33.0. The van der Waals surface area contributed by atoms with Gasteiger partial charge in [0.2, 0.25) is 39.6 Å². The molecule has 0 aliphatic carbocycles. The molecule has 6 aliphatic rings. The number of carbonyl (C=O) groups excluding carboxylic acids is 7. The number of hydrogen-bond donors (Lipinski definition) is 4. The number of hydrogen-bond acceptors (Lipinski definition) is 13. The van der Waals surface area contributed by atoms with E-state index in [4.69, 9.17) is 0 Å². The molecule has 1 aromatic rings. The van der Waals surface area contributed by atoms with Crippen molar-refractivity contribution in [2.75, 3.05) is 82.4 Å². The van der Waals surface area contributed by atoms with Crippen LogP contribution < -0.4 is 26.2 Å². The third-order valence-electron chi connectivity index (χ3n) is 11.7. The van der Waals surface area contributed by atoms with E-state index in [9.17, 15) is 42.0 Å². The minimum Gasteiger partial charge on any atom is -0.369 e. The van der Waals surface area contributed by atoms with Crippen LogP contribution in [0, 0.1) is 11.8 Å². The monoisotopic (exact) mass is 815 g/mol. The Kier molecular flexibility index (Phi) is 12.0. The van der Waals surface area contributed by atoms with Crippen molar-refractivity contribution < 1.29 is 42.0 Å². The third-order valence-corrected chi connectivity index (χ3v) is 14.1. The number of benzene rings is 1. The van der Waals surface area contributed by atoms with Crippen molar-refractivity contribution in [3.05, 3.63) is 29.3 Å². The molecule has 5 unspecified atom stereocenters. The van der Waals surface area contributed by atoms with Gasteiger partial charge < -0.3 is 20.4 Å². The zero-order valence-electron chi connectivity index (χ0n) is 31.4. The van der Waals surface area contributed by atoms with Crippen molar-refractivity contribution in [1.82, 2.24) is 40.3 Å². The summed E-state index contributed by atoms with van der Waals surface area (Å²) in [6.07, 6.45) is 4.00. The number of thioether (sulfide) groups is 1. The maximum atomic E-state index is 13.4. The Hall–Kier alpha value is -4.11. The van der Waals surface area contributed by atoms with Gasteiger partial charge in [0.05, 0.1) is 29.8 Å². The van der Waals surface area contributed by atoms with Gasteiger partial charge in [0.25, 0.3) is 11.8 Å². The summed E-state index contributed by atoms with van der Waals surface area (Å²) in [5, 5.41) is 11.2. The van der Waals surface area contributed by atoms with Crippen molar-refractivity contribution in [3.8, 4) is 0 Å². The summed E-state index contributed by atoms with van der Waals surface area (Å²) >= 11 is 1.58. The first kappa shape index (κ1) is 40.1. The van der Waals surface area contributed by atoms with Crippen LogP contribution in [0.15, 0.2) is 18.2 Å². The summed E-state index contributed by atoms with van der Waals surface area (Å²) in [4.78, 5) is 96.2. The van der Waals surface area contributed by atoms with Crippen molar-refractivity contribution in [2.45, 2.75) is 56.1 Å². The number of nitrogens with one attached hydrogen (secondary N) is 4. The molecule has 0 saturated carbocycles. The largest absolute Gasteiger partial charge is 0.369 e. The second kappa shape index (κ2) is 16.8. The third kappa shape index (κ3) is 8.88. The highest BCUT2D eigenvalue weighted by atomic mass is 32.2. The van der Waals surface area contributed by atoms with Crippen molar-refractivity contribution >= 4 is 68.8 Å². The van der Waals surface area contributed by atoms with Gasteiger partial charge in [-0.1, -0.05) is 0 Å². The van der Waals surface area contributed by atoms with Crippen LogP contribution in [0.25, 0.3) is 0 Å². The molecule has 7 amide bonds. The lowest BCUT2D eigenvalue weighted by atomic mass is 9.91. The lowest BCUT2D eigenvalue weighted by Crippen LogP contribution is -2.54. The lowest BCUT2D eigenvalue weighted by Gasteiger charge is -2.38. The van der Waals surface area contributed by atoms with Gasteiger partial charge in [-0.2, -0.15) is 0 Å². The fraction of sp³-hybridized carbons (Fsp3) is 0.639. The normalized spacial score (nSPS) is 27.7. The van der Waals surface area contributed by atoms with E-state index in [0.29, 0.717) is 52.1 Å². The van der Waals surface area contributed by atoms with E-state index < -0.39 is 45.6 Å². The summed E-state index contributed by atoms with van der Waals surface area (Å²) in [5.74, 6) is -2.10. The molecule has 0 bridgehead atoms. The molecule has 5 atom stereocenters. The number of rotatable bonds is 11. The lowest BCUT2D eigenvalue weighted by molar-refractivity contribution is -0.136. The molecule has 4 N–H and O–H groups in total. The molecule has 56 heavy (non-hydrogen) atoms. The van der Waals surface area contributed by atoms with E-state index in [1.54, 1.807) is 23.9 Å². The van der Waals surface area contributed by atoms with Crippen LogP contribution in [0.3, 0.4) is 0 Å². The SMILES string of the molecule is CS(=O)(=O)N1CCC(C(=O)NCC(=O)NC2NC(C3CCCN(C(=O)CCN4CCN(c5ccc6c(c5)C(=O)N(C5CCC(=O)NC5=O)C6=O)CC4)C3)CS2)C1. The number of anilines is 1. The van der Waals surface area contributed by atoms with Crippen LogP contribution in [-0.4, -0.2) is 164 Å². The van der Waals surface area contributed by atoms with E-state index in [1.807, 2.05) is 11.0 Å². The average Bonchev–Trinajstić information content (AvgIpc) is 3.93. The van der Waals surface area contributed by atoms with Crippen LogP contribution in [0.1, 0.15) is 59.2 Å². The second-order valence-electron chi connectivity index (χ2n) is 15.4. The highest BCUT2D eigenvalue weighted by Gasteiger charge is 2.45. The smallest absolute Gasteiger partial charge is 0.262 e. The number of amides is 7. The van der Waals surface area contributed by atoms with E-state index >= 15 is 0 Å². The molecule has 0 spiro atoms. The summed E-state index contributed by atoms with van der Waals surface area (Å²) < 4.78 is 24.8. The highest BCUT2D eigenvalue weighted by molar-refractivity contribution is 8.00.